The van der Waals surface area contributed by atoms with E-state index in [4.69, 9.17) is 9.47 Å². The molecule has 0 bridgehead atoms. The van der Waals surface area contributed by atoms with E-state index in [-0.39, 0.29) is 12.5 Å². The summed E-state index contributed by atoms with van der Waals surface area (Å²) in [4.78, 5) is 0. The van der Waals surface area contributed by atoms with Crippen LogP contribution in [0.5, 0.6) is 0 Å². The molecule has 0 amide bonds. The average Bonchev–Trinajstić information content (AvgIpc) is 2.53. The molecule has 1 spiro atoms. The standard InChI is InChI=1S/C12H20F3NO2/c1-10(2)11(5-7-17-10)9(16-6-8-18-11)3-4-12(13,14)15/h9,16H,3-8H2,1-2H3. The summed E-state index contributed by atoms with van der Waals surface area (Å²) in [5.74, 6) is 0. The Bertz CT molecular complexity index is 306. The van der Waals surface area contributed by atoms with Gasteiger partial charge in [0.25, 0.3) is 0 Å². The third-order valence-corrected chi connectivity index (χ3v) is 4.09. The molecular formula is C12H20F3NO2. The normalized spacial score (nSPS) is 36.2. The summed E-state index contributed by atoms with van der Waals surface area (Å²) in [5, 5.41) is 3.18. The van der Waals surface area contributed by atoms with Crippen molar-refractivity contribution in [2.75, 3.05) is 19.8 Å². The largest absolute Gasteiger partial charge is 0.389 e. The number of hydrogen-bond acceptors (Lipinski definition) is 3. The van der Waals surface area contributed by atoms with Crippen LogP contribution < -0.4 is 5.32 Å². The molecule has 1 N–H and O–H groups in total. The Balaban J connectivity index is 2.11. The van der Waals surface area contributed by atoms with Gasteiger partial charge in [0.05, 0.1) is 18.8 Å². The Morgan fingerprint density at radius 3 is 2.50 bits per heavy atom. The molecule has 2 rings (SSSR count). The van der Waals surface area contributed by atoms with E-state index in [1.54, 1.807) is 0 Å². The van der Waals surface area contributed by atoms with Gasteiger partial charge in [0, 0.05) is 25.4 Å². The van der Waals surface area contributed by atoms with E-state index in [2.05, 4.69) is 5.32 Å². The number of rotatable bonds is 2. The predicted octanol–water partition coefficient (Wildman–Crippen LogP) is 2.25. The first-order valence-corrected chi connectivity index (χ1v) is 6.35. The predicted molar refractivity (Wildman–Crippen MR) is 60.4 cm³/mol. The lowest BCUT2D eigenvalue weighted by atomic mass is 9.76. The molecule has 6 heteroatoms. The fraction of sp³-hybridized carbons (Fsp3) is 1.00. The lowest BCUT2D eigenvalue weighted by molar-refractivity contribution is -0.181. The highest BCUT2D eigenvalue weighted by Gasteiger charge is 2.57. The van der Waals surface area contributed by atoms with Crippen LogP contribution in [0.25, 0.3) is 0 Å². The highest BCUT2D eigenvalue weighted by atomic mass is 19.4. The summed E-state index contributed by atoms with van der Waals surface area (Å²) < 4.78 is 48.7. The molecule has 2 fully saturated rings. The number of morpholine rings is 1. The van der Waals surface area contributed by atoms with Crippen molar-refractivity contribution in [2.24, 2.45) is 0 Å². The van der Waals surface area contributed by atoms with E-state index in [0.717, 1.165) is 0 Å². The van der Waals surface area contributed by atoms with E-state index >= 15 is 0 Å². The van der Waals surface area contributed by atoms with Gasteiger partial charge in [-0.05, 0) is 20.3 Å². The summed E-state index contributed by atoms with van der Waals surface area (Å²) in [6.07, 6.45) is -4.22. The van der Waals surface area contributed by atoms with Crippen molar-refractivity contribution in [2.45, 2.75) is 56.5 Å². The molecule has 0 saturated carbocycles. The Kier molecular flexibility index (Phi) is 3.64. The van der Waals surface area contributed by atoms with Gasteiger partial charge in [-0.15, -0.1) is 0 Å². The second kappa shape index (κ2) is 4.65. The van der Waals surface area contributed by atoms with Crippen LogP contribution in [0.1, 0.15) is 33.1 Å². The molecule has 0 radical (unpaired) electrons. The zero-order valence-electron chi connectivity index (χ0n) is 10.8. The molecule has 0 aromatic heterocycles. The molecule has 2 heterocycles. The number of hydrogen-bond donors (Lipinski definition) is 1. The fourth-order valence-corrected chi connectivity index (χ4v) is 3.10. The van der Waals surface area contributed by atoms with Crippen molar-refractivity contribution >= 4 is 0 Å². The molecule has 2 saturated heterocycles. The molecule has 2 aliphatic heterocycles. The topological polar surface area (TPSA) is 30.5 Å². The molecule has 2 aliphatic rings. The first kappa shape index (κ1) is 14.1. The van der Waals surface area contributed by atoms with E-state index < -0.39 is 23.8 Å². The Hall–Kier alpha value is -0.330. The number of ether oxygens (including phenoxy) is 2. The first-order chi connectivity index (χ1) is 8.27. The average molecular weight is 267 g/mol. The maximum absolute atomic E-state index is 12.4. The molecular weight excluding hydrogens is 247 g/mol. The quantitative estimate of drug-likeness (QED) is 0.832. The van der Waals surface area contributed by atoms with Gasteiger partial charge < -0.3 is 14.8 Å². The van der Waals surface area contributed by atoms with Gasteiger partial charge in [0.1, 0.15) is 5.60 Å². The van der Waals surface area contributed by atoms with Crippen LogP contribution in [0.4, 0.5) is 13.2 Å². The van der Waals surface area contributed by atoms with Crippen LogP contribution in [-0.2, 0) is 9.47 Å². The lowest BCUT2D eigenvalue weighted by Gasteiger charge is -2.48. The van der Waals surface area contributed by atoms with Crippen molar-refractivity contribution in [1.82, 2.24) is 5.32 Å². The fourth-order valence-electron chi connectivity index (χ4n) is 3.10. The highest BCUT2D eigenvalue weighted by Crippen LogP contribution is 2.44. The zero-order chi connectivity index (χ0) is 13.4. The second-order valence-corrected chi connectivity index (χ2v) is 5.51. The molecule has 3 nitrogen and oxygen atoms in total. The van der Waals surface area contributed by atoms with Gasteiger partial charge in [-0.1, -0.05) is 0 Å². The second-order valence-electron chi connectivity index (χ2n) is 5.51. The summed E-state index contributed by atoms with van der Waals surface area (Å²) >= 11 is 0. The van der Waals surface area contributed by atoms with Gasteiger partial charge in [-0.3, -0.25) is 0 Å². The van der Waals surface area contributed by atoms with Crippen LogP contribution in [0.3, 0.4) is 0 Å². The maximum atomic E-state index is 12.4. The molecule has 2 unspecified atom stereocenters. The smallest absolute Gasteiger partial charge is 0.372 e. The van der Waals surface area contributed by atoms with Crippen molar-refractivity contribution in [3.05, 3.63) is 0 Å². The minimum atomic E-state index is -4.12. The van der Waals surface area contributed by atoms with Gasteiger partial charge in [-0.2, -0.15) is 13.2 Å². The lowest BCUT2D eigenvalue weighted by Crippen LogP contribution is -2.65. The summed E-state index contributed by atoms with van der Waals surface area (Å²) in [7, 11) is 0. The zero-order valence-corrected chi connectivity index (χ0v) is 10.8. The van der Waals surface area contributed by atoms with Gasteiger partial charge in [-0.25, -0.2) is 0 Å². The van der Waals surface area contributed by atoms with Crippen molar-refractivity contribution in [3.63, 3.8) is 0 Å². The highest BCUT2D eigenvalue weighted by molar-refractivity contribution is 5.09. The Morgan fingerprint density at radius 1 is 1.22 bits per heavy atom. The first-order valence-electron chi connectivity index (χ1n) is 6.35. The van der Waals surface area contributed by atoms with Crippen LogP contribution in [0.2, 0.25) is 0 Å². The number of halogens is 3. The summed E-state index contributed by atoms with van der Waals surface area (Å²) in [5.41, 5.74) is -1.17. The minimum Gasteiger partial charge on any atom is -0.372 e. The molecule has 0 aromatic carbocycles. The van der Waals surface area contributed by atoms with Crippen molar-refractivity contribution in [3.8, 4) is 0 Å². The Labute approximate surface area is 105 Å². The summed E-state index contributed by atoms with van der Waals surface area (Å²) in [6, 6.07) is -0.301. The van der Waals surface area contributed by atoms with E-state index in [1.165, 1.54) is 0 Å². The molecule has 0 aromatic rings. The Morgan fingerprint density at radius 2 is 1.94 bits per heavy atom. The summed E-state index contributed by atoms with van der Waals surface area (Å²) in [6.45, 7) is 5.45. The monoisotopic (exact) mass is 267 g/mol. The molecule has 0 aliphatic carbocycles. The third-order valence-electron chi connectivity index (χ3n) is 4.09. The van der Waals surface area contributed by atoms with E-state index in [0.29, 0.717) is 26.2 Å². The van der Waals surface area contributed by atoms with Gasteiger partial charge in [0.2, 0.25) is 0 Å². The van der Waals surface area contributed by atoms with Gasteiger partial charge in [0.15, 0.2) is 0 Å². The number of alkyl halides is 3. The van der Waals surface area contributed by atoms with E-state index in [9.17, 15) is 13.2 Å². The van der Waals surface area contributed by atoms with Crippen LogP contribution in [0.15, 0.2) is 0 Å². The van der Waals surface area contributed by atoms with Gasteiger partial charge >= 0.3 is 6.18 Å². The third kappa shape index (κ3) is 2.51. The van der Waals surface area contributed by atoms with Crippen molar-refractivity contribution < 1.29 is 22.6 Å². The van der Waals surface area contributed by atoms with Crippen LogP contribution in [0, 0.1) is 0 Å². The molecule has 2 atom stereocenters. The van der Waals surface area contributed by atoms with Crippen molar-refractivity contribution in [1.29, 1.82) is 0 Å². The van der Waals surface area contributed by atoms with E-state index in [1.807, 2.05) is 13.8 Å². The number of nitrogens with one attached hydrogen (secondary N) is 1. The molecule has 18 heavy (non-hydrogen) atoms. The maximum Gasteiger partial charge on any atom is 0.389 e. The molecule has 106 valence electrons. The van der Waals surface area contributed by atoms with Crippen LogP contribution >= 0.6 is 0 Å². The SMILES string of the molecule is CC1(C)OCCC12OCCNC2CCC(F)(F)F. The minimum absolute atomic E-state index is 0.0380. The van der Waals surface area contributed by atoms with Crippen LogP contribution in [-0.4, -0.2) is 43.2 Å².